The fourth-order valence-corrected chi connectivity index (χ4v) is 3.39. The molecule has 0 spiro atoms. The Balaban J connectivity index is 1.59. The maximum absolute atomic E-state index is 11.3. The Labute approximate surface area is 138 Å². The predicted octanol–water partition coefficient (Wildman–Crippen LogP) is 2.54. The molecule has 1 aromatic rings. The molecule has 0 aromatic heterocycles. The van der Waals surface area contributed by atoms with E-state index in [2.05, 4.69) is 42.4 Å². The normalized spacial score (nSPS) is 20.8. The molecule has 2 heterocycles. The smallest absolute Gasteiger partial charge is 0.262 e. The van der Waals surface area contributed by atoms with Gasteiger partial charge in [0.15, 0.2) is 6.61 Å². The number of hydrogen-bond acceptors (Lipinski definition) is 4. The first kappa shape index (κ1) is 16.3. The fourth-order valence-electron chi connectivity index (χ4n) is 3.39. The summed E-state index contributed by atoms with van der Waals surface area (Å²) in [5.74, 6) is 0.679. The van der Waals surface area contributed by atoms with Gasteiger partial charge >= 0.3 is 0 Å². The SMILES string of the molecule is CC(NC1CCN(C(C)C)CC1)c1ccc2c(c1)OCC(=O)N2. The third kappa shape index (κ3) is 3.85. The molecule has 5 nitrogen and oxygen atoms in total. The number of benzene rings is 1. The van der Waals surface area contributed by atoms with Crippen molar-refractivity contribution in [3.63, 3.8) is 0 Å². The third-order valence-electron chi connectivity index (χ3n) is 4.88. The molecule has 1 aromatic carbocycles. The summed E-state index contributed by atoms with van der Waals surface area (Å²) in [6.07, 6.45) is 2.39. The van der Waals surface area contributed by atoms with Crippen LogP contribution < -0.4 is 15.4 Å². The van der Waals surface area contributed by atoms with E-state index in [1.807, 2.05) is 12.1 Å². The van der Waals surface area contributed by atoms with Gasteiger partial charge in [0, 0.05) is 18.1 Å². The lowest BCUT2D eigenvalue weighted by Crippen LogP contribution is -2.45. The Bertz CT molecular complexity index is 565. The monoisotopic (exact) mass is 317 g/mol. The van der Waals surface area contributed by atoms with Crippen molar-refractivity contribution < 1.29 is 9.53 Å². The van der Waals surface area contributed by atoms with Crippen LogP contribution in [0, 0.1) is 0 Å². The predicted molar refractivity (Wildman–Crippen MR) is 91.8 cm³/mol. The lowest BCUT2D eigenvalue weighted by Gasteiger charge is -2.36. The van der Waals surface area contributed by atoms with Gasteiger partial charge in [-0.3, -0.25) is 4.79 Å². The van der Waals surface area contributed by atoms with Crippen LogP contribution in [0.15, 0.2) is 18.2 Å². The number of nitrogens with one attached hydrogen (secondary N) is 2. The summed E-state index contributed by atoms with van der Waals surface area (Å²) in [4.78, 5) is 13.9. The maximum atomic E-state index is 11.3. The second-order valence-corrected chi connectivity index (χ2v) is 6.88. The minimum atomic E-state index is -0.0895. The first-order valence-electron chi connectivity index (χ1n) is 8.59. The average Bonchev–Trinajstić information content (AvgIpc) is 2.54. The van der Waals surface area contributed by atoms with Gasteiger partial charge in [0.2, 0.25) is 0 Å². The lowest BCUT2D eigenvalue weighted by atomic mass is 10.0. The Kier molecular flexibility index (Phi) is 4.87. The topological polar surface area (TPSA) is 53.6 Å². The van der Waals surface area contributed by atoms with Crippen molar-refractivity contribution in [1.82, 2.24) is 10.2 Å². The number of rotatable bonds is 4. The Hall–Kier alpha value is -1.59. The summed E-state index contributed by atoms with van der Waals surface area (Å²) in [6, 6.07) is 7.52. The van der Waals surface area contributed by atoms with Gasteiger partial charge in [-0.2, -0.15) is 0 Å². The molecule has 23 heavy (non-hydrogen) atoms. The zero-order valence-corrected chi connectivity index (χ0v) is 14.3. The van der Waals surface area contributed by atoms with E-state index in [0.29, 0.717) is 12.1 Å². The molecule has 2 N–H and O–H groups in total. The molecule has 1 amide bonds. The van der Waals surface area contributed by atoms with Crippen molar-refractivity contribution in [2.75, 3.05) is 25.0 Å². The zero-order chi connectivity index (χ0) is 16.4. The molecule has 3 rings (SSSR count). The molecule has 0 bridgehead atoms. The summed E-state index contributed by atoms with van der Waals surface area (Å²) in [6.45, 7) is 9.16. The number of anilines is 1. The highest BCUT2D eigenvalue weighted by molar-refractivity contribution is 5.95. The molecule has 1 fully saturated rings. The van der Waals surface area contributed by atoms with Gasteiger partial charge in [-0.25, -0.2) is 0 Å². The van der Waals surface area contributed by atoms with Crippen molar-refractivity contribution in [3.8, 4) is 5.75 Å². The van der Waals surface area contributed by atoms with Crippen LogP contribution in [0.2, 0.25) is 0 Å². The molecule has 5 heteroatoms. The number of ether oxygens (including phenoxy) is 1. The molecule has 126 valence electrons. The summed E-state index contributed by atoms with van der Waals surface area (Å²) in [5, 5.41) is 6.57. The van der Waals surface area contributed by atoms with Crippen LogP contribution in [-0.4, -0.2) is 42.6 Å². The average molecular weight is 317 g/mol. The van der Waals surface area contributed by atoms with E-state index >= 15 is 0 Å². The van der Waals surface area contributed by atoms with E-state index < -0.39 is 0 Å². The summed E-state index contributed by atoms with van der Waals surface area (Å²) in [5.41, 5.74) is 1.97. The number of fused-ring (bicyclic) bond motifs is 1. The molecule has 0 saturated carbocycles. The number of hydrogen-bond donors (Lipinski definition) is 2. The highest BCUT2D eigenvalue weighted by atomic mass is 16.5. The minimum Gasteiger partial charge on any atom is -0.482 e. The Morgan fingerprint density at radius 2 is 2.00 bits per heavy atom. The molecule has 2 aliphatic rings. The van der Waals surface area contributed by atoms with Crippen LogP contribution in [0.3, 0.4) is 0 Å². The van der Waals surface area contributed by atoms with Gasteiger partial charge < -0.3 is 20.3 Å². The number of carbonyl (C=O) groups is 1. The van der Waals surface area contributed by atoms with Gasteiger partial charge in [-0.1, -0.05) is 6.07 Å². The standard InChI is InChI=1S/C18H27N3O2/c1-12(2)21-8-6-15(7-9-21)19-13(3)14-4-5-16-17(10-14)23-11-18(22)20-16/h4-5,10,12-13,15,19H,6-9,11H2,1-3H3,(H,20,22). The summed E-state index contributed by atoms with van der Waals surface area (Å²) < 4.78 is 5.51. The second-order valence-electron chi connectivity index (χ2n) is 6.88. The summed E-state index contributed by atoms with van der Waals surface area (Å²) in [7, 11) is 0. The molecule has 1 atom stereocenters. The largest absolute Gasteiger partial charge is 0.482 e. The molecule has 1 saturated heterocycles. The highest BCUT2D eigenvalue weighted by Gasteiger charge is 2.23. The van der Waals surface area contributed by atoms with Gasteiger partial charge in [-0.15, -0.1) is 0 Å². The van der Waals surface area contributed by atoms with E-state index in [1.54, 1.807) is 0 Å². The lowest BCUT2D eigenvalue weighted by molar-refractivity contribution is -0.118. The first-order valence-corrected chi connectivity index (χ1v) is 8.59. The van der Waals surface area contributed by atoms with E-state index in [1.165, 1.54) is 31.5 Å². The highest BCUT2D eigenvalue weighted by Crippen LogP contribution is 2.31. The van der Waals surface area contributed by atoms with Crippen molar-refractivity contribution >= 4 is 11.6 Å². The van der Waals surface area contributed by atoms with Gasteiger partial charge in [0.1, 0.15) is 5.75 Å². The number of piperidine rings is 1. The Morgan fingerprint density at radius 1 is 1.26 bits per heavy atom. The van der Waals surface area contributed by atoms with Crippen molar-refractivity contribution in [2.24, 2.45) is 0 Å². The van der Waals surface area contributed by atoms with Crippen LogP contribution in [0.4, 0.5) is 5.69 Å². The number of carbonyl (C=O) groups excluding carboxylic acids is 1. The van der Waals surface area contributed by atoms with Crippen molar-refractivity contribution in [3.05, 3.63) is 23.8 Å². The van der Waals surface area contributed by atoms with Crippen LogP contribution in [0.1, 0.15) is 45.2 Å². The van der Waals surface area contributed by atoms with Crippen LogP contribution in [0.25, 0.3) is 0 Å². The van der Waals surface area contributed by atoms with E-state index in [9.17, 15) is 4.79 Å². The van der Waals surface area contributed by atoms with Crippen LogP contribution in [-0.2, 0) is 4.79 Å². The molecular weight excluding hydrogens is 290 g/mol. The summed E-state index contributed by atoms with van der Waals surface area (Å²) >= 11 is 0. The molecular formula is C18H27N3O2. The van der Waals surface area contributed by atoms with Crippen molar-refractivity contribution in [2.45, 2.75) is 51.7 Å². The number of amides is 1. The van der Waals surface area contributed by atoms with Gasteiger partial charge in [0.25, 0.3) is 5.91 Å². The second kappa shape index (κ2) is 6.89. The third-order valence-corrected chi connectivity index (χ3v) is 4.88. The quantitative estimate of drug-likeness (QED) is 0.896. The molecule has 1 unspecified atom stereocenters. The fraction of sp³-hybridized carbons (Fsp3) is 0.611. The maximum Gasteiger partial charge on any atom is 0.262 e. The minimum absolute atomic E-state index is 0.0895. The van der Waals surface area contributed by atoms with Gasteiger partial charge in [-0.05, 0) is 64.4 Å². The number of likely N-dealkylation sites (tertiary alicyclic amines) is 1. The van der Waals surface area contributed by atoms with Crippen molar-refractivity contribution in [1.29, 1.82) is 0 Å². The molecule has 2 aliphatic heterocycles. The van der Waals surface area contributed by atoms with Gasteiger partial charge in [0.05, 0.1) is 5.69 Å². The van der Waals surface area contributed by atoms with E-state index in [-0.39, 0.29) is 18.6 Å². The van der Waals surface area contributed by atoms with E-state index in [0.717, 1.165) is 11.4 Å². The first-order chi connectivity index (χ1) is 11.0. The molecule has 0 aliphatic carbocycles. The Morgan fingerprint density at radius 3 is 2.70 bits per heavy atom. The van der Waals surface area contributed by atoms with E-state index in [4.69, 9.17) is 4.74 Å². The van der Waals surface area contributed by atoms with Crippen LogP contribution in [0.5, 0.6) is 5.75 Å². The molecule has 0 radical (unpaired) electrons. The van der Waals surface area contributed by atoms with Crippen LogP contribution >= 0.6 is 0 Å². The zero-order valence-electron chi connectivity index (χ0n) is 14.3. The number of nitrogens with zero attached hydrogens (tertiary/aromatic N) is 1.